The number of methoxy groups -OCH3 is 2. The highest BCUT2D eigenvalue weighted by Crippen LogP contribution is 2.43. The SMILES string of the molecule is COc1cc(OC)c2c(c1)O[C@H](c1cccc(C(F)(F)F)c1)[C@@H](O)C2. The fourth-order valence-electron chi connectivity index (χ4n) is 2.92. The molecule has 7 heteroatoms. The van der Waals surface area contributed by atoms with E-state index in [-0.39, 0.29) is 12.0 Å². The van der Waals surface area contributed by atoms with Crippen LogP contribution in [0.3, 0.4) is 0 Å². The van der Waals surface area contributed by atoms with E-state index < -0.39 is 23.9 Å². The van der Waals surface area contributed by atoms with Crippen molar-refractivity contribution in [3.8, 4) is 17.2 Å². The first-order valence-corrected chi connectivity index (χ1v) is 7.60. The van der Waals surface area contributed by atoms with Gasteiger partial charge in [-0.2, -0.15) is 13.2 Å². The predicted octanol–water partition coefficient (Wildman–Crippen LogP) is 3.76. The number of aliphatic hydroxyl groups is 1. The maximum absolute atomic E-state index is 12.9. The van der Waals surface area contributed by atoms with Gasteiger partial charge >= 0.3 is 6.18 Å². The van der Waals surface area contributed by atoms with Crippen LogP contribution in [0.2, 0.25) is 0 Å². The molecule has 134 valence electrons. The van der Waals surface area contributed by atoms with Crippen LogP contribution in [-0.2, 0) is 12.6 Å². The molecule has 0 aromatic heterocycles. The number of rotatable bonds is 3. The monoisotopic (exact) mass is 354 g/mol. The van der Waals surface area contributed by atoms with Gasteiger partial charge in [0.1, 0.15) is 23.4 Å². The van der Waals surface area contributed by atoms with Crippen molar-refractivity contribution in [2.24, 2.45) is 0 Å². The summed E-state index contributed by atoms with van der Waals surface area (Å²) in [4.78, 5) is 0. The smallest absolute Gasteiger partial charge is 0.416 e. The third kappa shape index (κ3) is 3.37. The molecule has 0 bridgehead atoms. The summed E-state index contributed by atoms with van der Waals surface area (Å²) in [7, 11) is 2.98. The number of aliphatic hydroxyl groups excluding tert-OH is 1. The maximum Gasteiger partial charge on any atom is 0.416 e. The second-order valence-electron chi connectivity index (χ2n) is 5.74. The van der Waals surface area contributed by atoms with E-state index in [1.54, 1.807) is 12.1 Å². The molecular weight excluding hydrogens is 337 g/mol. The molecule has 0 fully saturated rings. The van der Waals surface area contributed by atoms with E-state index >= 15 is 0 Å². The van der Waals surface area contributed by atoms with Crippen molar-refractivity contribution in [1.29, 1.82) is 0 Å². The normalized spacial score (nSPS) is 19.8. The van der Waals surface area contributed by atoms with E-state index in [0.717, 1.165) is 12.1 Å². The third-order valence-corrected chi connectivity index (χ3v) is 4.16. The first-order chi connectivity index (χ1) is 11.8. The zero-order valence-corrected chi connectivity index (χ0v) is 13.6. The van der Waals surface area contributed by atoms with Crippen LogP contribution in [0.4, 0.5) is 13.2 Å². The summed E-state index contributed by atoms with van der Waals surface area (Å²) < 4.78 is 55.1. The number of benzene rings is 2. The number of alkyl halides is 3. The fraction of sp³-hybridized carbons (Fsp3) is 0.333. The molecule has 1 N–H and O–H groups in total. The Balaban J connectivity index is 1.99. The van der Waals surface area contributed by atoms with Gasteiger partial charge in [0.2, 0.25) is 0 Å². The van der Waals surface area contributed by atoms with Gasteiger partial charge in [-0.3, -0.25) is 0 Å². The van der Waals surface area contributed by atoms with Crippen molar-refractivity contribution in [1.82, 2.24) is 0 Å². The van der Waals surface area contributed by atoms with Gasteiger partial charge in [-0.05, 0) is 17.7 Å². The Labute approximate surface area is 142 Å². The van der Waals surface area contributed by atoms with Gasteiger partial charge in [0.25, 0.3) is 0 Å². The Morgan fingerprint density at radius 1 is 1.12 bits per heavy atom. The van der Waals surface area contributed by atoms with E-state index in [1.165, 1.54) is 26.4 Å². The largest absolute Gasteiger partial charge is 0.496 e. The third-order valence-electron chi connectivity index (χ3n) is 4.16. The summed E-state index contributed by atoms with van der Waals surface area (Å²) in [5, 5.41) is 10.4. The lowest BCUT2D eigenvalue weighted by Gasteiger charge is -2.32. The Hall–Kier alpha value is -2.41. The minimum atomic E-state index is -4.46. The van der Waals surface area contributed by atoms with Gasteiger partial charge in [0.05, 0.1) is 25.9 Å². The second kappa shape index (κ2) is 6.48. The van der Waals surface area contributed by atoms with E-state index in [2.05, 4.69) is 0 Å². The van der Waals surface area contributed by atoms with Gasteiger partial charge < -0.3 is 19.3 Å². The van der Waals surface area contributed by atoms with Crippen molar-refractivity contribution in [2.45, 2.75) is 24.8 Å². The van der Waals surface area contributed by atoms with Crippen LogP contribution < -0.4 is 14.2 Å². The first kappa shape index (κ1) is 17.4. The highest BCUT2D eigenvalue weighted by molar-refractivity contribution is 5.52. The van der Waals surface area contributed by atoms with Gasteiger partial charge in [-0.15, -0.1) is 0 Å². The van der Waals surface area contributed by atoms with Crippen molar-refractivity contribution < 1.29 is 32.5 Å². The lowest BCUT2D eigenvalue weighted by molar-refractivity contribution is -0.137. The van der Waals surface area contributed by atoms with Crippen LogP contribution in [0, 0.1) is 0 Å². The molecule has 0 aliphatic carbocycles. The highest BCUT2D eigenvalue weighted by atomic mass is 19.4. The van der Waals surface area contributed by atoms with Gasteiger partial charge in [-0.25, -0.2) is 0 Å². The molecule has 0 radical (unpaired) electrons. The van der Waals surface area contributed by atoms with Crippen molar-refractivity contribution in [3.63, 3.8) is 0 Å². The molecular formula is C18H17F3O4. The van der Waals surface area contributed by atoms with E-state index in [9.17, 15) is 18.3 Å². The lowest BCUT2D eigenvalue weighted by Crippen LogP contribution is -2.30. The zero-order valence-electron chi connectivity index (χ0n) is 13.6. The lowest BCUT2D eigenvalue weighted by atomic mass is 9.93. The molecule has 4 nitrogen and oxygen atoms in total. The number of ether oxygens (including phenoxy) is 3. The molecule has 2 aromatic carbocycles. The molecule has 0 unspecified atom stereocenters. The average molecular weight is 354 g/mol. The summed E-state index contributed by atoms with van der Waals surface area (Å²) in [6, 6.07) is 8.08. The molecule has 1 heterocycles. The Kier molecular flexibility index (Phi) is 4.51. The number of hydrogen-bond acceptors (Lipinski definition) is 4. The number of hydrogen-bond donors (Lipinski definition) is 1. The summed E-state index contributed by atoms with van der Waals surface area (Å²) in [6.07, 6.45) is -6.17. The summed E-state index contributed by atoms with van der Waals surface area (Å²) >= 11 is 0. The van der Waals surface area contributed by atoms with E-state index in [4.69, 9.17) is 14.2 Å². The van der Waals surface area contributed by atoms with Crippen LogP contribution in [0.5, 0.6) is 17.2 Å². The topological polar surface area (TPSA) is 47.9 Å². The minimum absolute atomic E-state index is 0.198. The van der Waals surface area contributed by atoms with Gasteiger partial charge in [0, 0.05) is 24.1 Å². The Bertz CT molecular complexity index is 773. The molecule has 0 saturated carbocycles. The molecule has 2 atom stereocenters. The highest BCUT2D eigenvalue weighted by Gasteiger charge is 2.35. The fourth-order valence-corrected chi connectivity index (χ4v) is 2.92. The zero-order chi connectivity index (χ0) is 18.2. The summed E-state index contributed by atoms with van der Waals surface area (Å²) in [6.45, 7) is 0. The van der Waals surface area contributed by atoms with Crippen LogP contribution >= 0.6 is 0 Å². The number of halogens is 3. The van der Waals surface area contributed by atoms with Crippen LogP contribution in [0.15, 0.2) is 36.4 Å². The molecule has 0 saturated heterocycles. The van der Waals surface area contributed by atoms with Crippen molar-refractivity contribution in [3.05, 3.63) is 53.1 Å². The van der Waals surface area contributed by atoms with Crippen molar-refractivity contribution in [2.75, 3.05) is 14.2 Å². The predicted molar refractivity (Wildman–Crippen MR) is 84.1 cm³/mol. The van der Waals surface area contributed by atoms with Crippen LogP contribution in [-0.4, -0.2) is 25.4 Å². The molecule has 2 aromatic rings. The maximum atomic E-state index is 12.9. The standard InChI is InChI=1S/C18H17F3O4/c1-23-12-7-15(24-2)13-9-14(22)17(25-16(13)8-12)10-4-3-5-11(6-10)18(19,20)21/h3-8,14,17,22H,9H2,1-2H3/t14-,17+/m0/s1. The summed E-state index contributed by atoms with van der Waals surface area (Å²) in [5.41, 5.74) is 0.128. The minimum Gasteiger partial charge on any atom is -0.496 e. The molecule has 1 aliphatic heterocycles. The van der Waals surface area contributed by atoms with E-state index in [0.29, 0.717) is 22.8 Å². The first-order valence-electron chi connectivity index (χ1n) is 7.60. The van der Waals surface area contributed by atoms with E-state index in [1.807, 2.05) is 0 Å². The van der Waals surface area contributed by atoms with Gasteiger partial charge in [0.15, 0.2) is 0 Å². The Morgan fingerprint density at radius 2 is 1.88 bits per heavy atom. The molecule has 25 heavy (non-hydrogen) atoms. The molecule has 3 rings (SSSR count). The molecule has 0 spiro atoms. The van der Waals surface area contributed by atoms with Crippen molar-refractivity contribution >= 4 is 0 Å². The Morgan fingerprint density at radius 3 is 2.52 bits per heavy atom. The molecule has 1 aliphatic rings. The quantitative estimate of drug-likeness (QED) is 0.912. The average Bonchev–Trinajstić information content (AvgIpc) is 2.59. The number of fused-ring (bicyclic) bond motifs is 1. The molecule has 0 amide bonds. The second-order valence-corrected chi connectivity index (χ2v) is 5.74. The van der Waals surface area contributed by atoms with Gasteiger partial charge in [-0.1, -0.05) is 12.1 Å². The van der Waals surface area contributed by atoms with Crippen LogP contribution in [0.25, 0.3) is 0 Å². The van der Waals surface area contributed by atoms with Crippen LogP contribution in [0.1, 0.15) is 22.8 Å². The summed E-state index contributed by atoms with van der Waals surface area (Å²) in [5.74, 6) is 1.41.